The van der Waals surface area contributed by atoms with E-state index in [0.29, 0.717) is 6.04 Å². The lowest BCUT2D eigenvalue weighted by Gasteiger charge is -2.26. The molecular formula is C13H23N5. The van der Waals surface area contributed by atoms with Crippen LogP contribution in [-0.4, -0.2) is 55.4 Å². The van der Waals surface area contributed by atoms with Gasteiger partial charge in [-0.1, -0.05) is 0 Å². The molecule has 0 saturated carbocycles. The van der Waals surface area contributed by atoms with Gasteiger partial charge in [-0.15, -0.1) is 5.10 Å². The Hall–Kier alpha value is -1.20. The lowest BCUT2D eigenvalue weighted by molar-refractivity contribution is 0.314. The number of likely N-dealkylation sites (tertiary alicyclic amines) is 1. The summed E-state index contributed by atoms with van der Waals surface area (Å²) in [5.74, 6) is 0.954. The molecule has 2 heterocycles. The number of hydrogen-bond acceptors (Lipinski definition) is 5. The Labute approximate surface area is 109 Å². The number of anilines is 1. The summed E-state index contributed by atoms with van der Waals surface area (Å²) < 4.78 is 0. The van der Waals surface area contributed by atoms with Crippen LogP contribution >= 0.6 is 0 Å². The summed E-state index contributed by atoms with van der Waals surface area (Å²) >= 11 is 0. The number of hydrogen-bond donors (Lipinski definition) is 1. The van der Waals surface area contributed by atoms with E-state index in [-0.39, 0.29) is 0 Å². The predicted octanol–water partition coefficient (Wildman–Crippen LogP) is 0.726. The maximum atomic E-state index is 4.28. The number of likely N-dealkylation sites (N-methyl/N-ethyl adjacent to an activating group) is 2. The van der Waals surface area contributed by atoms with Crippen molar-refractivity contribution in [2.45, 2.75) is 25.4 Å². The van der Waals surface area contributed by atoms with Crippen LogP contribution in [0.2, 0.25) is 0 Å². The highest BCUT2D eigenvalue weighted by Crippen LogP contribution is 2.17. The standard InChI is InChI=1S/C13H23N5/c1-14-9-11-6-7-13(16-15-11)18(3)10-12-5-4-8-17(12)2/h6-7,12,14H,4-5,8-10H2,1-3H3. The molecule has 1 aromatic rings. The van der Waals surface area contributed by atoms with Gasteiger partial charge in [0.1, 0.15) is 0 Å². The van der Waals surface area contributed by atoms with Crippen LogP contribution in [0.15, 0.2) is 12.1 Å². The van der Waals surface area contributed by atoms with Crippen LogP contribution in [0.1, 0.15) is 18.5 Å². The number of nitrogens with one attached hydrogen (secondary N) is 1. The summed E-state index contributed by atoms with van der Waals surface area (Å²) in [7, 11) is 6.21. The third kappa shape index (κ3) is 3.17. The van der Waals surface area contributed by atoms with Crippen LogP contribution in [0.25, 0.3) is 0 Å². The molecule has 0 radical (unpaired) electrons. The molecular weight excluding hydrogens is 226 g/mol. The largest absolute Gasteiger partial charge is 0.357 e. The molecule has 0 bridgehead atoms. The molecule has 1 fully saturated rings. The van der Waals surface area contributed by atoms with Crippen molar-refractivity contribution in [1.82, 2.24) is 20.4 Å². The lowest BCUT2D eigenvalue weighted by atomic mass is 10.2. The maximum absolute atomic E-state index is 4.28. The Morgan fingerprint density at radius 3 is 2.83 bits per heavy atom. The van der Waals surface area contributed by atoms with E-state index in [1.165, 1.54) is 19.4 Å². The zero-order chi connectivity index (χ0) is 13.0. The summed E-state index contributed by atoms with van der Waals surface area (Å²) in [6.45, 7) is 3.00. The van der Waals surface area contributed by atoms with Crippen LogP contribution < -0.4 is 10.2 Å². The molecule has 1 atom stereocenters. The highest BCUT2D eigenvalue weighted by Gasteiger charge is 2.22. The van der Waals surface area contributed by atoms with E-state index in [1.54, 1.807) is 0 Å². The second kappa shape index (κ2) is 6.11. The second-order valence-corrected chi connectivity index (χ2v) is 5.07. The number of nitrogens with zero attached hydrogens (tertiary/aromatic N) is 4. The van der Waals surface area contributed by atoms with E-state index in [9.17, 15) is 0 Å². The Morgan fingerprint density at radius 1 is 1.44 bits per heavy atom. The van der Waals surface area contributed by atoms with Gasteiger partial charge < -0.3 is 15.1 Å². The first-order chi connectivity index (χ1) is 8.70. The quantitative estimate of drug-likeness (QED) is 0.833. The third-order valence-corrected chi connectivity index (χ3v) is 3.61. The summed E-state index contributed by atoms with van der Waals surface area (Å²) in [6.07, 6.45) is 2.59. The van der Waals surface area contributed by atoms with Gasteiger partial charge in [0.2, 0.25) is 0 Å². The molecule has 2 rings (SSSR count). The molecule has 0 spiro atoms. The summed E-state index contributed by atoms with van der Waals surface area (Å²) in [5, 5.41) is 11.6. The van der Waals surface area contributed by atoms with E-state index < -0.39 is 0 Å². The average Bonchev–Trinajstić information content (AvgIpc) is 2.76. The predicted molar refractivity (Wildman–Crippen MR) is 73.7 cm³/mol. The molecule has 5 nitrogen and oxygen atoms in total. The molecule has 1 unspecified atom stereocenters. The molecule has 1 aromatic heterocycles. The molecule has 0 aromatic carbocycles. The molecule has 0 amide bonds. The van der Waals surface area contributed by atoms with Gasteiger partial charge in [0.25, 0.3) is 0 Å². The minimum Gasteiger partial charge on any atom is -0.357 e. The van der Waals surface area contributed by atoms with Crippen molar-refractivity contribution in [3.63, 3.8) is 0 Å². The maximum Gasteiger partial charge on any atom is 0.151 e. The van der Waals surface area contributed by atoms with Gasteiger partial charge in [0.15, 0.2) is 5.82 Å². The highest BCUT2D eigenvalue weighted by atomic mass is 15.3. The van der Waals surface area contributed by atoms with Crippen molar-refractivity contribution in [2.24, 2.45) is 0 Å². The van der Waals surface area contributed by atoms with Crippen LogP contribution in [0.5, 0.6) is 0 Å². The first-order valence-electron chi connectivity index (χ1n) is 6.59. The van der Waals surface area contributed by atoms with Crippen molar-refractivity contribution in [3.05, 3.63) is 17.8 Å². The smallest absolute Gasteiger partial charge is 0.151 e. The Morgan fingerprint density at radius 2 is 2.28 bits per heavy atom. The monoisotopic (exact) mass is 249 g/mol. The van der Waals surface area contributed by atoms with Crippen molar-refractivity contribution < 1.29 is 0 Å². The Bertz CT molecular complexity index is 364. The van der Waals surface area contributed by atoms with Crippen molar-refractivity contribution in [2.75, 3.05) is 39.1 Å². The summed E-state index contributed by atoms with van der Waals surface area (Å²) in [5.41, 5.74) is 0.979. The zero-order valence-electron chi connectivity index (χ0n) is 11.6. The fourth-order valence-electron chi connectivity index (χ4n) is 2.45. The molecule has 18 heavy (non-hydrogen) atoms. The molecule has 1 N–H and O–H groups in total. The second-order valence-electron chi connectivity index (χ2n) is 5.07. The van der Waals surface area contributed by atoms with Crippen LogP contribution in [0, 0.1) is 0 Å². The SMILES string of the molecule is CNCc1ccc(N(C)CC2CCCN2C)nn1. The van der Waals surface area contributed by atoms with E-state index >= 15 is 0 Å². The van der Waals surface area contributed by atoms with E-state index in [0.717, 1.165) is 24.6 Å². The van der Waals surface area contributed by atoms with Crippen molar-refractivity contribution in [1.29, 1.82) is 0 Å². The minimum atomic E-state index is 0.647. The molecule has 5 heteroatoms. The van der Waals surface area contributed by atoms with Crippen LogP contribution in [-0.2, 0) is 6.54 Å². The van der Waals surface area contributed by atoms with Gasteiger partial charge in [0.05, 0.1) is 5.69 Å². The molecule has 1 saturated heterocycles. The van der Waals surface area contributed by atoms with Gasteiger partial charge >= 0.3 is 0 Å². The van der Waals surface area contributed by atoms with Gasteiger partial charge in [-0.25, -0.2) is 0 Å². The highest BCUT2D eigenvalue weighted by molar-refractivity contribution is 5.36. The summed E-state index contributed by atoms with van der Waals surface area (Å²) in [6, 6.07) is 4.73. The van der Waals surface area contributed by atoms with E-state index in [2.05, 4.69) is 45.5 Å². The number of rotatable bonds is 5. The fourth-order valence-corrected chi connectivity index (χ4v) is 2.45. The summed E-state index contributed by atoms with van der Waals surface area (Å²) in [4.78, 5) is 4.63. The van der Waals surface area contributed by atoms with Crippen molar-refractivity contribution >= 4 is 5.82 Å². The Balaban J connectivity index is 1.93. The van der Waals surface area contributed by atoms with Gasteiger partial charge in [-0.3, -0.25) is 0 Å². The lowest BCUT2D eigenvalue weighted by Crippen LogP contribution is -2.37. The van der Waals surface area contributed by atoms with Crippen LogP contribution in [0.4, 0.5) is 5.82 Å². The molecule has 1 aliphatic rings. The minimum absolute atomic E-state index is 0.647. The van der Waals surface area contributed by atoms with Gasteiger partial charge in [-0.2, -0.15) is 5.10 Å². The average molecular weight is 249 g/mol. The van der Waals surface area contributed by atoms with Crippen molar-refractivity contribution in [3.8, 4) is 0 Å². The van der Waals surface area contributed by atoms with E-state index in [1.807, 2.05) is 13.1 Å². The van der Waals surface area contributed by atoms with Crippen LogP contribution in [0.3, 0.4) is 0 Å². The molecule has 0 aliphatic carbocycles. The number of aromatic nitrogens is 2. The van der Waals surface area contributed by atoms with Gasteiger partial charge in [-0.05, 0) is 45.6 Å². The topological polar surface area (TPSA) is 44.3 Å². The Kier molecular flexibility index (Phi) is 4.49. The first kappa shape index (κ1) is 13.2. The molecule has 1 aliphatic heterocycles. The fraction of sp³-hybridized carbons (Fsp3) is 0.692. The zero-order valence-corrected chi connectivity index (χ0v) is 11.6. The normalized spacial score (nSPS) is 20.3. The van der Waals surface area contributed by atoms with Gasteiger partial charge in [0, 0.05) is 26.2 Å². The molecule has 100 valence electrons. The first-order valence-corrected chi connectivity index (χ1v) is 6.59. The van der Waals surface area contributed by atoms with E-state index in [4.69, 9.17) is 0 Å². The third-order valence-electron chi connectivity index (χ3n) is 3.61.